The molecule has 1 aromatic heterocycles. The van der Waals surface area contributed by atoms with Crippen molar-refractivity contribution in [3.63, 3.8) is 0 Å². The first-order chi connectivity index (χ1) is 14.1. The number of fused-ring (bicyclic) bond motifs is 1. The molecular formula is C24H30BN3O2. The Labute approximate surface area is 179 Å². The molecule has 156 valence electrons. The maximum atomic E-state index is 6.24. The van der Waals surface area contributed by atoms with Gasteiger partial charge in [0, 0.05) is 11.4 Å². The van der Waals surface area contributed by atoms with Gasteiger partial charge in [0.25, 0.3) is 0 Å². The molecule has 1 atom stereocenters. The molecule has 3 aromatic rings. The first-order valence-electron chi connectivity index (χ1n) is 10.5. The average Bonchev–Trinajstić information content (AvgIpc) is 2.88. The van der Waals surface area contributed by atoms with Crippen LogP contribution in [-0.2, 0) is 9.31 Å². The van der Waals surface area contributed by atoms with Gasteiger partial charge < -0.3 is 14.6 Å². The van der Waals surface area contributed by atoms with Gasteiger partial charge in [-0.15, -0.1) is 0 Å². The Bertz CT molecular complexity index is 1080. The van der Waals surface area contributed by atoms with E-state index in [1.165, 1.54) is 11.1 Å². The van der Waals surface area contributed by atoms with Crippen molar-refractivity contribution in [1.29, 1.82) is 0 Å². The second-order valence-electron chi connectivity index (χ2n) is 9.26. The fourth-order valence-corrected chi connectivity index (χ4v) is 3.73. The van der Waals surface area contributed by atoms with Crippen LogP contribution in [0.2, 0.25) is 0 Å². The van der Waals surface area contributed by atoms with Gasteiger partial charge in [-0.1, -0.05) is 35.9 Å². The molecular weight excluding hydrogens is 373 g/mol. The maximum absolute atomic E-state index is 6.24. The molecule has 6 heteroatoms. The van der Waals surface area contributed by atoms with Crippen LogP contribution in [0.4, 0.5) is 5.82 Å². The number of aromatic nitrogens is 2. The summed E-state index contributed by atoms with van der Waals surface area (Å²) >= 11 is 0. The topological polar surface area (TPSA) is 56.3 Å². The summed E-state index contributed by atoms with van der Waals surface area (Å²) in [5, 5.41) is 4.55. The zero-order valence-corrected chi connectivity index (χ0v) is 18.9. The van der Waals surface area contributed by atoms with Crippen molar-refractivity contribution in [2.24, 2.45) is 0 Å². The molecule has 1 aliphatic rings. The standard InChI is InChI=1S/C24H30BN3O2/c1-15-9-8-10-18(13-15)16(2)26-22-20-14-19(11-12-21(20)27-17(3)28-22)25-29-23(4,5)24(6,7)30-25/h8-14,16H,1-7H3,(H,26,27,28). The van der Waals surface area contributed by atoms with E-state index in [4.69, 9.17) is 14.3 Å². The van der Waals surface area contributed by atoms with E-state index in [0.29, 0.717) is 0 Å². The van der Waals surface area contributed by atoms with Crippen LogP contribution in [0.15, 0.2) is 42.5 Å². The van der Waals surface area contributed by atoms with E-state index in [2.05, 4.69) is 82.2 Å². The van der Waals surface area contributed by atoms with Crippen LogP contribution in [0, 0.1) is 13.8 Å². The summed E-state index contributed by atoms with van der Waals surface area (Å²) in [7, 11) is -0.414. The smallest absolute Gasteiger partial charge is 0.399 e. The van der Waals surface area contributed by atoms with Crippen LogP contribution in [0.5, 0.6) is 0 Å². The van der Waals surface area contributed by atoms with Gasteiger partial charge in [0.2, 0.25) is 0 Å². The molecule has 1 fully saturated rings. The average molecular weight is 403 g/mol. The molecule has 2 aromatic carbocycles. The summed E-state index contributed by atoms with van der Waals surface area (Å²) in [6, 6.07) is 14.8. The lowest BCUT2D eigenvalue weighted by Crippen LogP contribution is -2.41. The van der Waals surface area contributed by atoms with E-state index >= 15 is 0 Å². The first-order valence-corrected chi connectivity index (χ1v) is 10.5. The highest BCUT2D eigenvalue weighted by Crippen LogP contribution is 2.36. The fourth-order valence-electron chi connectivity index (χ4n) is 3.73. The molecule has 0 saturated carbocycles. The molecule has 0 spiro atoms. The number of hydrogen-bond donors (Lipinski definition) is 1. The molecule has 0 bridgehead atoms. The summed E-state index contributed by atoms with van der Waals surface area (Å²) < 4.78 is 12.5. The minimum atomic E-state index is -0.414. The minimum Gasteiger partial charge on any atom is -0.399 e. The van der Waals surface area contributed by atoms with Crippen LogP contribution in [0.1, 0.15) is 57.6 Å². The van der Waals surface area contributed by atoms with Gasteiger partial charge >= 0.3 is 7.12 Å². The monoisotopic (exact) mass is 403 g/mol. The molecule has 1 aliphatic heterocycles. The number of rotatable bonds is 4. The number of nitrogens with one attached hydrogen (secondary N) is 1. The Morgan fingerprint density at radius 2 is 1.63 bits per heavy atom. The predicted molar refractivity (Wildman–Crippen MR) is 123 cm³/mol. The van der Waals surface area contributed by atoms with Gasteiger partial charge in [0.05, 0.1) is 16.7 Å². The largest absolute Gasteiger partial charge is 0.494 e. The summed E-state index contributed by atoms with van der Waals surface area (Å²) in [5.41, 5.74) is 3.59. The van der Waals surface area contributed by atoms with Crippen LogP contribution in [0.3, 0.4) is 0 Å². The maximum Gasteiger partial charge on any atom is 0.494 e. The third kappa shape index (κ3) is 3.82. The van der Waals surface area contributed by atoms with E-state index < -0.39 is 7.12 Å². The molecule has 0 aliphatic carbocycles. The van der Waals surface area contributed by atoms with Crippen molar-refractivity contribution in [1.82, 2.24) is 9.97 Å². The van der Waals surface area contributed by atoms with Gasteiger partial charge in [-0.3, -0.25) is 0 Å². The van der Waals surface area contributed by atoms with Crippen LogP contribution < -0.4 is 10.8 Å². The third-order valence-corrected chi connectivity index (χ3v) is 6.25. The second-order valence-corrected chi connectivity index (χ2v) is 9.26. The molecule has 1 N–H and O–H groups in total. The predicted octanol–water partition coefficient (Wildman–Crippen LogP) is 4.72. The van der Waals surface area contributed by atoms with E-state index in [1.807, 2.05) is 19.1 Å². The number of hydrogen-bond acceptors (Lipinski definition) is 5. The van der Waals surface area contributed by atoms with Crippen LogP contribution in [0.25, 0.3) is 10.9 Å². The van der Waals surface area contributed by atoms with Gasteiger partial charge in [-0.25, -0.2) is 9.97 Å². The lowest BCUT2D eigenvalue weighted by molar-refractivity contribution is 0.00578. The summed E-state index contributed by atoms with van der Waals surface area (Å²) in [5.74, 6) is 1.56. The molecule has 1 saturated heterocycles. The lowest BCUT2D eigenvalue weighted by Gasteiger charge is -2.32. The molecule has 0 amide bonds. The number of benzene rings is 2. The summed E-state index contributed by atoms with van der Waals surface area (Å²) in [6.07, 6.45) is 0. The van der Waals surface area contributed by atoms with E-state index in [-0.39, 0.29) is 17.2 Å². The Hall–Kier alpha value is -2.44. The zero-order chi connectivity index (χ0) is 21.7. The zero-order valence-electron chi connectivity index (χ0n) is 18.9. The molecule has 4 rings (SSSR count). The SMILES string of the molecule is Cc1cccc(C(C)Nc2nc(C)nc3ccc(B4OC(C)(C)C(C)(C)O4)cc23)c1. The van der Waals surface area contributed by atoms with E-state index in [0.717, 1.165) is 28.0 Å². The number of anilines is 1. The van der Waals surface area contributed by atoms with Crippen molar-refractivity contribution in [2.75, 3.05) is 5.32 Å². The molecule has 30 heavy (non-hydrogen) atoms. The van der Waals surface area contributed by atoms with Crippen molar-refractivity contribution in [2.45, 2.75) is 65.7 Å². The molecule has 5 nitrogen and oxygen atoms in total. The highest BCUT2D eigenvalue weighted by Gasteiger charge is 2.51. The van der Waals surface area contributed by atoms with Crippen molar-refractivity contribution >= 4 is 29.3 Å². The summed E-state index contributed by atoms with van der Waals surface area (Å²) in [4.78, 5) is 9.33. The molecule has 0 radical (unpaired) electrons. The Balaban J connectivity index is 1.71. The number of aryl methyl sites for hydroxylation is 2. The molecule has 1 unspecified atom stereocenters. The van der Waals surface area contributed by atoms with Gasteiger partial charge in [0.1, 0.15) is 11.6 Å². The van der Waals surface area contributed by atoms with Crippen LogP contribution in [-0.4, -0.2) is 28.3 Å². The van der Waals surface area contributed by atoms with E-state index in [9.17, 15) is 0 Å². The van der Waals surface area contributed by atoms with Gasteiger partial charge in [-0.2, -0.15) is 0 Å². The van der Waals surface area contributed by atoms with Gasteiger partial charge in [-0.05, 0) is 71.6 Å². The second kappa shape index (κ2) is 7.36. The highest BCUT2D eigenvalue weighted by atomic mass is 16.7. The van der Waals surface area contributed by atoms with Crippen molar-refractivity contribution < 1.29 is 9.31 Å². The Morgan fingerprint density at radius 3 is 2.30 bits per heavy atom. The Morgan fingerprint density at radius 1 is 0.933 bits per heavy atom. The van der Waals surface area contributed by atoms with Crippen LogP contribution >= 0.6 is 0 Å². The number of nitrogens with zero attached hydrogens (tertiary/aromatic N) is 2. The minimum absolute atomic E-state index is 0.114. The van der Waals surface area contributed by atoms with E-state index in [1.54, 1.807) is 0 Å². The van der Waals surface area contributed by atoms with Gasteiger partial charge in [0.15, 0.2) is 0 Å². The highest BCUT2D eigenvalue weighted by molar-refractivity contribution is 6.62. The molecule has 2 heterocycles. The quantitative estimate of drug-likeness (QED) is 0.639. The fraction of sp³-hybridized carbons (Fsp3) is 0.417. The normalized spacial score (nSPS) is 18.6. The van der Waals surface area contributed by atoms with Crippen molar-refractivity contribution in [3.05, 3.63) is 59.4 Å². The first kappa shape index (κ1) is 20.8. The Kier molecular flexibility index (Phi) is 5.11. The third-order valence-electron chi connectivity index (χ3n) is 6.25. The summed E-state index contributed by atoms with van der Waals surface area (Å²) in [6.45, 7) is 14.4. The lowest BCUT2D eigenvalue weighted by atomic mass is 9.78. The van der Waals surface area contributed by atoms with Crippen molar-refractivity contribution in [3.8, 4) is 0 Å².